The third kappa shape index (κ3) is 2.01. The summed E-state index contributed by atoms with van der Waals surface area (Å²) in [5.74, 6) is -0.711. The van der Waals surface area contributed by atoms with E-state index in [0.29, 0.717) is 0 Å². The number of hydrogen-bond acceptors (Lipinski definition) is 2. The number of amides is 1. The van der Waals surface area contributed by atoms with E-state index in [9.17, 15) is 4.79 Å². The van der Waals surface area contributed by atoms with Gasteiger partial charge in [-0.1, -0.05) is 0 Å². The van der Waals surface area contributed by atoms with Crippen LogP contribution in [0.4, 0.5) is 0 Å². The van der Waals surface area contributed by atoms with Gasteiger partial charge in [0.05, 0.1) is 0 Å². The van der Waals surface area contributed by atoms with Crippen molar-refractivity contribution in [1.29, 1.82) is 0 Å². The molecule has 0 saturated carbocycles. The van der Waals surface area contributed by atoms with Crippen LogP contribution in [0.5, 0.6) is 0 Å². The number of halogens is 1. The van der Waals surface area contributed by atoms with Crippen LogP contribution in [-0.4, -0.2) is 17.9 Å². The first kappa shape index (κ1) is 4.87. The van der Waals surface area contributed by atoms with Gasteiger partial charge in [0.15, 0.2) is 0 Å². The Morgan fingerprint density at radius 1 is 1.82 bits per heavy atom. The SMILES string of the molecule is [2H]C([2H])([2H])NC(=O)c1ccc(Br)cn1. The lowest BCUT2D eigenvalue weighted by atomic mass is 10.3. The van der Waals surface area contributed by atoms with Gasteiger partial charge in [0.1, 0.15) is 5.69 Å². The second kappa shape index (κ2) is 3.48. The maximum Gasteiger partial charge on any atom is 0.269 e. The average Bonchev–Trinajstić information content (AvgIpc) is 2.02. The molecule has 11 heavy (non-hydrogen) atoms. The Morgan fingerprint density at radius 3 is 3.18 bits per heavy atom. The maximum absolute atomic E-state index is 11.2. The third-order valence-electron chi connectivity index (χ3n) is 1.07. The first-order chi connectivity index (χ1) is 6.38. The van der Waals surface area contributed by atoms with Gasteiger partial charge >= 0.3 is 0 Å². The first-order valence-electron chi connectivity index (χ1n) is 4.32. The van der Waals surface area contributed by atoms with Crippen molar-refractivity contribution in [2.75, 3.05) is 6.98 Å². The summed E-state index contributed by atoms with van der Waals surface area (Å²) in [6.07, 6.45) is 1.43. The Balaban J connectivity index is 2.76. The number of nitrogens with zero attached hydrogens (tertiary/aromatic N) is 1. The predicted molar refractivity (Wildman–Crippen MR) is 45.3 cm³/mol. The Bertz CT molecular complexity index is 336. The van der Waals surface area contributed by atoms with Crippen LogP contribution in [0.3, 0.4) is 0 Å². The molecule has 1 aromatic heterocycles. The molecule has 0 spiro atoms. The molecule has 0 unspecified atom stereocenters. The van der Waals surface area contributed by atoms with Gasteiger partial charge in [0, 0.05) is 21.8 Å². The Hall–Kier alpha value is -0.900. The summed E-state index contributed by atoms with van der Waals surface area (Å²) in [4.78, 5) is 15.0. The molecule has 0 aliphatic rings. The zero-order valence-electron chi connectivity index (χ0n) is 8.47. The first-order valence-corrected chi connectivity index (χ1v) is 3.62. The summed E-state index contributed by atoms with van der Waals surface area (Å²) in [6.45, 7) is -2.48. The molecular weight excluding hydrogens is 208 g/mol. The molecule has 0 radical (unpaired) electrons. The maximum atomic E-state index is 11.2. The van der Waals surface area contributed by atoms with E-state index >= 15 is 0 Å². The molecule has 3 nitrogen and oxygen atoms in total. The predicted octanol–water partition coefficient (Wildman–Crippen LogP) is 1.20. The molecular formula is C7H7BrN2O. The van der Waals surface area contributed by atoms with Crippen LogP contribution in [0.25, 0.3) is 0 Å². The standard InChI is InChI=1S/C7H7BrN2O/c1-9-7(11)6-3-2-5(8)4-10-6/h2-4H,1H3,(H,9,11)/i1D3. The van der Waals surface area contributed by atoms with Crippen LogP contribution in [0.1, 0.15) is 14.6 Å². The second-order valence-corrected chi connectivity index (χ2v) is 2.73. The topological polar surface area (TPSA) is 42.0 Å². The number of rotatable bonds is 1. The second-order valence-electron chi connectivity index (χ2n) is 1.82. The van der Waals surface area contributed by atoms with E-state index in [1.54, 1.807) is 6.07 Å². The number of aromatic nitrogens is 1. The van der Waals surface area contributed by atoms with E-state index in [2.05, 4.69) is 20.9 Å². The fourth-order valence-corrected chi connectivity index (χ4v) is 0.809. The lowest BCUT2D eigenvalue weighted by Crippen LogP contribution is -2.18. The molecule has 1 heterocycles. The van der Waals surface area contributed by atoms with Gasteiger partial charge in [0.2, 0.25) is 0 Å². The molecule has 0 atom stereocenters. The van der Waals surface area contributed by atoms with Gasteiger partial charge in [-0.2, -0.15) is 0 Å². The summed E-state index contributed by atoms with van der Waals surface area (Å²) in [7, 11) is 0. The van der Waals surface area contributed by atoms with Crippen LogP contribution in [0, 0.1) is 0 Å². The van der Waals surface area contributed by atoms with Gasteiger partial charge < -0.3 is 5.32 Å². The average molecular weight is 218 g/mol. The van der Waals surface area contributed by atoms with E-state index in [0.717, 1.165) is 4.47 Å². The zero-order chi connectivity index (χ0) is 10.8. The molecule has 1 rings (SSSR count). The lowest BCUT2D eigenvalue weighted by molar-refractivity contribution is 0.0958. The zero-order valence-corrected chi connectivity index (χ0v) is 7.05. The highest BCUT2D eigenvalue weighted by atomic mass is 79.9. The van der Waals surface area contributed by atoms with Crippen molar-refractivity contribution in [3.05, 3.63) is 28.5 Å². The quantitative estimate of drug-likeness (QED) is 0.769. The summed E-state index contributed by atoms with van der Waals surface area (Å²) >= 11 is 3.15. The van der Waals surface area contributed by atoms with Gasteiger partial charge in [-0.15, -0.1) is 0 Å². The van der Waals surface area contributed by atoms with Crippen LogP contribution < -0.4 is 5.32 Å². The van der Waals surface area contributed by atoms with E-state index in [4.69, 9.17) is 4.11 Å². The highest BCUT2D eigenvalue weighted by Crippen LogP contribution is 2.06. The molecule has 4 heteroatoms. The minimum atomic E-state index is -2.48. The fraction of sp³-hybridized carbons (Fsp3) is 0.143. The fourth-order valence-electron chi connectivity index (χ4n) is 0.574. The Kier molecular flexibility index (Phi) is 1.54. The van der Waals surface area contributed by atoms with Gasteiger partial charge in [-0.25, -0.2) is 4.98 Å². The minimum Gasteiger partial charge on any atom is -0.354 e. The van der Waals surface area contributed by atoms with Crippen molar-refractivity contribution in [3.8, 4) is 0 Å². The summed E-state index contributed by atoms with van der Waals surface area (Å²) < 4.78 is 21.2. The van der Waals surface area contributed by atoms with E-state index < -0.39 is 12.9 Å². The summed E-state index contributed by atoms with van der Waals surface area (Å²) in [5, 5.41) is 1.84. The van der Waals surface area contributed by atoms with Crippen LogP contribution >= 0.6 is 15.9 Å². The third-order valence-corrected chi connectivity index (χ3v) is 1.54. The van der Waals surface area contributed by atoms with Crippen LogP contribution in [-0.2, 0) is 0 Å². The molecule has 58 valence electrons. The van der Waals surface area contributed by atoms with E-state index in [1.807, 2.05) is 5.32 Å². The summed E-state index contributed by atoms with van der Waals surface area (Å²) in [6, 6.07) is 3.05. The van der Waals surface area contributed by atoms with E-state index in [-0.39, 0.29) is 5.69 Å². The van der Waals surface area contributed by atoms with E-state index in [1.165, 1.54) is 12.3 Å². The molecule has 0 bridgehead atoms. The molecule has 0 aliphatic carbocycles. The van der Waals surface area contributed by atoms with Crippen molar-refractivity contribution in [2.24, 2.45) is 0 Å². The number of nitrogens with one attached hydrogen (secondary N) is 1. The Morgan fingerprint density at radius 2 is 2.64 bits per heavy atom. The normalized spacial score (nSPS) is 14.5. The molecule has 1 N–H and O–H groups in total. The summed E-state index contributed by atoms with van der Waals surface area (Å²) in [5.41, 5.74) is 0.0734. The van der Waals surface area contributed by atoms with Gasteiger partial charge in [0.25, 0.3) is 5.91 Å². The number of carbonyl (C=O) groups is 1. The highest BCUT2D eigenvalue weighted by Gasteiger charge is 2.01. The molecule has 1 amide bonds. The number of pyridine rings is 1. The molecule has 0 aromatic carbocycles. The number of carbonyl (C=O) groups excluding carboxylic acids is 1. The van der Waals surface area contributed by atoms with Crippen LogP contribution in [0.15, 0.2) is 22.8 Å². The smallest absolute Gasteiger partial charge is 0.269 e. The largest absolute Gasteiger partial charge is 0.354 e. The Labute approximate surface area is 77.2 Å². The molecule has 0 aliphatic heterocycles. The number of hydrogen-bond donors (Lipinski definition) is 1. The molecule has 0 saturated heterocycles. The van der Waals surface area contributed by atoms with Gasteiger partial charge in [-0.3, -0.25) is 4.79 Å². The van der Waals surface area contributed by atoms with Crippen molar-refractivity contribution in [1.82, 2.24) is 10.3 Å². The van der Waals surface area contributed by atoms with Crippen molar-refractivity contribution >= 4 is 21.8 Å². The molecule has 1 aromatic rings. The van der Waals surface area contributed by atoms with Crippen molar-refractivity contribution in [3.63, 3.8) is 0 Å². The van der Waals surface area contributed by atoms with Crippen molar-refractivity contribution < 1.29 is 8.91 Å². The monoisotopic (exact) mass is 217 g/mol. The lowest BCUT2D eigenvalue weighted by Gasteiger charge is -1.96. The minimum absolute atomic E-state index is 0.0734. The van der Waals surface area contributed by atoms with Gasteiger partial charge in [-0.05, 0) is 28.1 Å². The van der Waals surface area contributed by atoms with Crippen LogP contribution in [0.2, 0.25) is 0 Å². The highest BCUT2D eigenvalue weighted by molar-refractivity contribution is 9.10. The van der Waals surface area contributed by atoms with Crippen molar-refractivity contribution in [2.45, 2.75) is 0 Å². The molecule has 0 fully saturated rings.